The Bertz CT molecular complexity index is 959. The Labute approximate surface area is 144 Å². The van der Waals surface area contributed by atoms with Crippen LogP contribution >= 0.6 is 11.6 Å². The molecular formula is C20H15ClN2O. The lowest BCUT2D eigenvalue weighted by atomic mass is 9.97. The fourth-order valence-corrected chi connectivity index (χ4v) is 3.37. The molecule has 1 aliphatic rings. The van der Waals surface area contributed by atoms with Crippen LogP contribution in [0.5, 0.6) is 0 Å². The standard InChI is InChI=1S/C20H15ClN2O/c21-19-12-17-10-16(22-20(24)23-17)11-18(19)15-8-6-14(7-9-15)13-4-2-1-3-5-13/h1-11,19H,12H2,(H,22,23,24). The monoisotopic (exact) mass is 334 g/mol. The molecule has 1 unspecified atom stereocenters. The first kappa shape index (κ1) is 14.9. The molecule has 3 aromatic rings. The van der Waals surface area contributed by atoms with Crippen LogP contribution in [0.25, 0.3) is 22.8 Å². The maximum atomic E-state index is 11.6. The van der Waals surface area contributed by atoms with Crippen LogP contribution in [0.2, 0.25) is 0 Å². The van der Waals surface area contributed by atoms with Gasteiger partial charge in [-0.3, -0.25) is 0 Å². The maximum Gasteiger partial charge on any atom is 0.345 e. The summed E-state index contributed by atoms with van der Waals surface area (Å²) >= 11 is 6.58. The van der Waals surface area contributed by atoms with E-state index in [1.807, 2.05) is 30.3 Å². The van der Waals surface area contributed by atoms with Gasteiger partial charge in [0.2, 0.25) is 0 Å². The van der Waals surface area contributed by atoms with Crippen molar-refractivity contribution in [2.24, 2.45) is 0 Å². The van der Waals surface area contributed by atoms with Crippen molar-refractivity contribution in [3.63, 3.8) is 0 Å². The highest BCUT2D eigenvalue weighted by Crippen LogP contribution is 2.31. The molecule has 24 heavy (non-hydrogen) atoms. The highest BCUT2D eigenvalue weighted by molar-refractivity contribution is 6.27. The van der Waals surface area contributed by atoms with Crippen LogP contribution in [-0.2, 0) is 6.42 Å². The van der Waals surface area contributed by atoms with E-state index in [2.05, 4.69) is 46.4 Å². The number of alkyl halides is 1. The van der Waals surface area contributed by atoms with Gasteiger partial charge >= 0.3 is 5.69 Å². The highest BCUT2D eigenvalue weighted by atomic mass is 35.5. The number of benzene rings is 2. The Balaban J connectivity index is 1.72. The smallest absolute Gasteiger partial charge is 0.310 e. The van der Waals surface area contributed by atoms with E-state index in [1.54, 1.807) is 0 Å². The number of H-pyrrole nitrogens is 1. The number of nitrogens with one attached hydrogen (secondary N) is 1. The molecule has 0 fully saturated rings. The van der Waals surface area contributed by atoms with Crippen molar-refractivity contribution in [2.75, 3.05) is 0 Å². The minimum absolute atomic E-state index is 0.204. The summed E-state index contributed by atoms with van der Waals surface area (Å²) in [5, 5.41) is -0.204. The summed E-state index contributed by atoms with van der Waals surface area (Å²) < 4.78 is 0. The zero-order chi connectivity index (χ0) is 16.5. The highest BCUT2D eigenvalue weighted by Gasteiger charge is 2.19. The number of aromatic nitrogens is 2. The molecule has 118 valence electrons. The molecule has 1 heterocycles. The van der Waals surface area contributed by atoms with Gasteiger partial charge in [0.25, 0.3) is 0 Å². The van der Waals surface area contributed by atoms with Crippen LogP contribution < -0.4 is 5.69 Å². The third kappa shape index (κ3) is 2.91. The van der Waals surface area contributed by atoms with Gasteiger partial charge in [-0.05, 0) is 34.4 Å². The number of rotatable bonds is 2. The van der Waals surface area contributed by atoms with Gasteiger partial charge in [-0.1, -0.05) is 54.6 Å². The fourth-order valence-electron chi connectivity index (χ4n) is 3.02. The number of fused-ring (bicyclic) bond motifs is 2. The summed E-state index contributed by atoms with van der Waals surface area (Å²) in [6, 6.07) is 20.4. The number of aromatic amines is 1. The lowest BCUT2D eigenvalue weighted by Crippen LogP contribution is -2.14. The SMILES string of the molecule is O=c1nc2cc([nH]1)CC(Cl)C(c1ccc(-c3ccccc3)cc1)=C2. The van der Waals surface area contributed by atoms with Gasteiger partial charge < -0.3 is 4.98 Å². The zero-order valence-corrected chi connectivity index (χ0v) is 13.6. The first-order valence-electron chi connectivity index (χ1n) is 7.81. The van der Waals surface area contributed by atoms with Gasteiger partial charge in [0, 0.05) is 12.1 Å². The molecule has 0 radical (unpaired) electrons. The van der Waals surface area contributed by atoms with Crippen LogP contribution in [-0.4, -0.2) is 15.3 Å². The van der Waals surface area contributed by atoms with Gasteiger partial charge in [-0.2, -0.15) is 4.98 Å². The van der Waals surface area contributed by atoms with Crippen molar-refractivity contribution in [3.05, 3.63) is 88.1 Å². The van der Waals surface area contributed by atoms with Crippen LogP contribution in [0.1, 0.15) is 17.0 Å². The number of hydrogen-bond acceptors (Lipinski definition) is 2. The largest absolute Gasteiger partial charge is 0.345 e. The summed E-state index contributed by atoms with van der Waals surface area (Å²) in [6.07, 6.45) is 2.49. The van der Waals surface area contributed by atoms with Crippen LogP contribution in [0, 0.1) is 0 Å². The Kier molecular flexibility index (Phi) is 3.79. The van der Waals surface area contributed by atoms with E-state index < -0.39 is 0 Å². The Morgan fingerprint density at radius 1 is 0.958 bits per heavy atom. The van der Waals surface area contributed by atoms with Gasteiger partial charge in [0.1, 0.15) is 0 Å². The van der Waals surface area contributed by atoms with Crippen LogP contribution in [0.3, 0.4) is 0 Å². The lowest BCUT2D eigenvalue weighted by molar-refractivity contribution is 0.922. The minimum Gasteiger partial charge on any atom is -0.310 e. The summed E-state index contributed by atoms with van der Waals surface area (Å²) in [7, 11) is 0. The topological polar surface area (TPSA) is 45.8 Å². The van der Waals surface area contributed by atoms with Gasteiger partial charge in [-0.15, -0.1) is 11.6 Å². The predicted molar refractivity (Wildman–Crippen MR) is 98.0 cm³/mol. The minimum atomic E-state index is -0.330. The van der Waals surface area contributed by atoms with Crippen molar-refractivity contribution < 1.29 is 0 Å². The first-order valence-corrected chi connectivity index (χ1v) is 8.24. The average molecular weight is 335 g/mol. The van der Waals surface area contributed by atoms with Crippen molar-refractivity contribution in [1.82, 2.24) is 9.97 Å². The summed E-state index contributed by atoms with van der Waals surface area (Å²) in [5.41, 5.74) is 5.51. The summed E-state index contributed by atoms with van der Waals surface area (Å²) in [5.74, 6) is 0. The fraction of sp³-hybridized carbons (Fsp3) is 0.100. The van der Waals surface area contributed by atoms with Gasteiger partial charge in [-0.25, -0.2) is 4.79 Å². The summed E-state index contributed by atoms with van der Waals surface area (Å²) in [4.78, 5) is 18.3. The molecule has 1 aromatic heterocycles. The molecule has 1 N–H and O–H groups in total. The molecule has 2 aromatic carbocycles. The second kappa shape index (κ2) is 6.10. The third-order valence-corrected chi connectivity index (χ3v) is 4.57. The van der Waals surface area contributed by atoms with Crippen LogP contribution in [0.4, 0.5) is 0 Å². The van der Waals surface area contributed by atoms with Crippen molar-refractivity contribution in [1.29, 1.82) is 0 Å². The van der Waals surface area contributed by atoms with Crippen molar-refractivity contribution in [3.8, 4) is 11.1 Å². The maximum absolute atomic E-state index is 11.6. The van der Waals surface area contributed by atoms with E-state index in [1.165, 1.54) is 5.56 Å². The van der Waals surface area contributed by atoms with E-state index in [0.717, 1.165) is 22.4 Å². The van der Waals surface area contributed by atoms with E-state index in [0.29, 0.717) is 12.1 Å². The predicted octanol–water partition coefficient (Wildman–Crippen LogP) is 4.14. The molecule has 0 saturated carbocycles. The quantitative estimate of drug-likeness (QED) is 0.716. The molecule has 4 rings (SSSR count). The first-order chi connectivity index (χ1) is 11.7. The van der Waals surface area contributed by atoms with E-state index in [9.17, 15) is 4.79 Å². The molecule has 1 aliphatic carbocycles. The van der Waals surface area contributed by atoms with Crippen molar-refractivity contribution in [2.45, 2.75) is 11.8 Å². The van der Waals surface area contributed by atoms with Crippen LogP contribution in [0.15, 0.2) is 65.5 Å². The molecule has 0 saturated heterocycles. The molecule has 0 aliphatic heterocycles. The molecule has 1 atom stereocenters. The number of nitrogens with zero attached hydrogens (tertiary/aromatic N) is 1. The molecule has 3 nitrogen and oxygen atoms in total. The molecule has 0 amide bonds. The van der Waals surface area contributed by atoms with Crippen molar-refractivity contribution >= 4 is 23.3 Å². The number of halogens is 1. The Morgan fingerprint density at radius 2 is 1.62 bits per heavy atom. The molecule has 0 spiro atoms. The van der Waals surface area contributed by atoms with E-state index in [-0.39, 0.29) is 11.1 Å². The van der Waals surface area contributed by atoms with Gasteiger partial charge in [0.15, 0.2) is 0 Å². The molecular weight excluding hydrogens is 320 g/mol. The molecule has 4 heteroatoms. The second-order valence-electron chi connectivity index (χ2n) is 5.85. The molecule has 2 bridgehead atoms. The number of allylic oxidation sites excluding steroid dienone is 1. The lowest BCUT2D eigenvalue weighted by Gasteiger charge is -2.13. The zero-order valence-electron chi connectivity index (χ0n) is 12.9. The van der Waals surface area contributed by atoms with E-state index in [4.69, 9.17) is 11.6 Å². The Morgan fingerprint density at radius 3 is 2.38 bits per heavy atom. The summed E-state index contributed by atoms with van der Waals surface area (Å²) in [6.45, 7) is 0. The second-order valence-corrected chi connectivity index (χ2v) is 6.38. The van der Waals surface area contributed by atoms with E-state index >= 15 is 0 Å². The normalized spacial score (nSPS) is 16.4. The third-order valence-electron chi connectivity index (χ3n) is 4.19. The van der Waals surface area contributed by atoms with Gasteiger partial charge in [0.05, 0.1) is 11.1 Å². The average Bonchev–Trinajstić information content (AvgIpc) is 2.71. The Hall–Kier alpha value is -2.65. The number of hydrogen-bond donors (Lipinski definition) is 1.